The van der Waals surface area contributed by atoms with Crippen LogP contribution < -0.4 is 15.3 Å². The number of likely N-dealkylation sites (N-methyl/N-ethyl adjacent to an activating group) is 1. The van der Waals surface area contributed by atoms with Gasteiger partial charge in [-0.15, -0.1) is 0 Å². The Hall–Kier alpha value is -2.50. The van der Waals surface area contributed by atoms with E-state index in [-0.39, 0.29) is 18.2 Å². The van der Waals surface area contributed by atoms with E-state index in [2.05, 4.69) is 9.97 Å². The lowest BCUT2D eigenvalue weighted by Gasteiger charge is -2.26. The third-order valence-electron chi connectivity index (χ3n) is 2.95. The molecular weight excluding hydrogens is 234 g/mol. The highest BCUT2D eigenvalue weighted by molar-refractivity contribution is 5.98. The van der Waals surface area contributed by atoms with Crippen LogP contribution in [0, 0.1) is 0 Å². The molecule has 92 valence electrons. The highest BCUT2D eigenvalue weighted by Crippen LogP contribution is 2.34. The SMILES string of the molecule is CN1C(=O)COc2ccc(-c3c[nH]c(=O)[nH]3)cc21. The molecular formula is C12H11N3O3. The zero-order valence-electron chi connectivity index (χ0n) is 9.69. The number of H-pyrrole nitrogens is 2. The molecule has 2 aromatic rings. The molecule has 0 radical (unpaired) electrons. The van der Waals surface area contributed by atoms with Gasteiger partial charge in [-0.3, -0.25) is 4.79 Å². The van der Waals surface area contributed by atoms with Crippen molar-refractivity contribution in [1.82, 2.24) is 9.97 Å². The molecule has 0 fully saturated rings. The van der Waals surface area contributed by atoms with Gasteiger partial charge in [0.1, 0.15) is 5.75 Å². The fourth-order valence-electron chi connectivity index (χ4n) is 1.93. The van der Waals surface area contributed by atoms with Crippen molar-refractivity contribution in [1.29, 1.82) is 0 Å². The molecule has 0 saturated heterocycles. The molecule has 3 rings (SSSR count). The Labute approximate surface area is 102 Å². The Morgan fingerprint density at radius 1 is 1.33 bits per heavy atom. The minimum atomic E-state index is -0.261. The fraction of sp³-hybridized carbons (Fsp3) is 0.167. The number of hydrogen-bond acceptors (Lipinski definition) is 3. The molecule has 2 N–H and O–H groups in total. The molecule has 6 nitrogen and oxygen atoms in total. The van der Waals surface area contributed by atoms with Crippen molar-refractivity contribution < 1.29 is 9.53 Å². The normalized spacial score (nSPS) is 14.3. The number of ether oxygens (including phenoxy) is 1. The van der Waals surface area contributed by atoms with Crippen LogP contribution in [0.2, 0.25) is 0 Å². The summed E-state index contributed by atoms with van der Waals surface area (Å²) in [6, 6.07) is 5.44. The predicted molar refractivity (Wildman–Crippen MR) is 65.8 cm³/mol. The van der Waals surface area contributed by atoms with E-state index in [0.29, 0.717) is 17.1 Å². The van der Waals surface area contributed by atoms with Gasteiger partial charge in [-0.2, -0.15) is 0 Å². The Kier molecular flexibility index (Phi) is 2.22. The van der Waals surface area contributed by atoms with Crippen molar-refractivity contribution in [2.24, 2.45) is 0 Å². The molecule has 1 aliphatic rings. The summed E-state index contributed by atoms with van der Waals surface area (Å²) < 4.78 is 5.33. The van der Waals surface area contributed by atoms with Gasteiger partial charge in [0.25, 0.3) is 5.91 Å². The van der Waals surface area contributed by atoms with Crippen molar-refractivity contribution in [3.05, 3.63) is 34.9 Å². The first-order chi connectivity index (χ1) is 8.65. The van der Waals surface area contributed by atoms with Gasteiger partial charge in [-0.05, 0) is 18.2 Å². The molecule has 0 atom stereocenters. The van der Waals surface area contributed by atoms with Gasteiger partial charge in [0.05, 0.1) is 11.4 Å². The van der Waals surface area contributed by atoms with Crippen molar-refractivity contribution >= 4 is 11.6 Å². The van der Waals surface area contributed by atoms with Crippen LogP contribution in [0.4, 0.5) is 5.69 Å². The number of rotatable bonds is 1. The van der Waals surface area contributed by atoms with E-state index in [0.717, 1.165) is 5.56 Å². The van der Waals surface area contributed by atoms with Crippen molar-refractivity contribution in [3.63, 3.8) is 0 Å². The molecule has 1 aromatic carbocycles. The van der Waals surface area contributed by atoms with E-state index < -0.39 is 0 Å². The first kappa shape index (κ1) is 10.6. The van der Waals surface area contributed by atoms with E-state index in [1.807, 2.05) is 12.1 Å². The summed E-state index contributed by atoms with van der Waals surface area (Å²) in [5, 5.41) is 0. The number of nitrogens with one attached hydrogen (secondary N) is 2. The molecule has 6 heteroatoms. The predicted octanol–water partition coefficient (Wildman–Crippen LogP) is 0.725. The zero-order valence-corrected chi connectivity index (χ0v) is 9.69. The summed E-state index contributed by atoms with van der Waals surface area (Å²) in [7, 11) is 1.70. The van der Waals surface area contributed by atoms with Crippen LogP contribution in [0.1, 0.15) is 0 Å². The standard InChI is InChI=1S/C12H11N3O3/c1-15-9-4-7(8-5-13-12(17)14-8)2-3-10(9)18-6-11(15)16/h2-5H,6H2,1H3,(H2,13,14,17). The monoisotopic (exact) mass is 245 g/mol. The molecule has 2 heterocycles. The smallest absolute Gasteiger partial charge is 0.323 e. The first-order valence-electron chi connectivity index (χ1n) is 5.46. The van der Waals surface area contributed by atoms with Crippen molar-refractivity contribution in [2.45, 2.75) is 0 Å². The summed E-state index contributed by atoms with van der Waals surface area (Å²) in [5.41, 5.74) is 1.93. The Balaban J connectivity index is 2.10. The number of nitrogens with zero attached hydrogens (tertiary/aromatic N) is 1. The second-order valence-electron chi connectivity index (χ2n) is 4.08. The second kappa shape index (κ2) is 3.76. The van der Waals surface area contributed by atoms with Crippen LogP contribution in [0.5, 0.6) is 5.75 Å². The van der Waals surface area contributed by atoms with Crippen molar-refractivity contribution in [3.8, 4) is 17.0 Å². The molecule has 0 saturated carbocycles. The number of hydrogen-bond donors (Lipinski definition) is 2. The van der Waals surface area contributed by atoms with E-state index >= 15 is 0 Å². The van der Waals surface area contributed by atoms with Gasteiger partial charge in [0, 0.05) is 18.8 Å². The summed E-state index contributed by atoms with van der Waals surface area (Å²) in [6.45, 7) is 0.0594. The van der Waals surface area contributed by atoms with Crippen molar-refractivity contribution in [2.75, 3.05) is 18.6 Å². The van der Waals surface area contributed by atoms with Crippen LogP contribution in [0.3, 0.4) is 0 Å². The van der Waals surface area contributed by atoms with Gasteiger partial charge >= 0.3 is 5.69 Å². The lowest BCUT2D eigenvalue weighted by Crippen LogP contribution is -2.35. The molecule has 0 bridgehead atoms. The van der Waals surface area contributed by atoms with Crippen LogP contribution in [0.25, 0.3) is 11.3 Å². The Bertz CT molecular complexity index is 671. The molecule has 0 spiro atoms. The Morgan fingerprint density at radius 2 is 2.17 bits per heavy atom. The summed E-state index contributed by atoms with van der Waals surface area (Å²) in [6.07, 6.45) is 1.59. The van der Waals surface area contributed by atoms with Crippen LogP contribution in [-0.4, -0.2) is 29.5 Å². The number of anilines is 1. The molecule has 1 amide bonds. The van der Waals surface area contributed by atoms with E-state index in [1.54, 1.807) is 24.2 Å². The Morgan fingerprint density at radius 3 is 2.89 bits per heavy atom. The topological polar surface area (TPSA) is 78.2 Å². The lowest BCUT2D eigenvalue weighted by atomic mass is 10.1. The average molecular weight is 245 g/mol. The zero-order chi connectivity index (χ0) is 12.7. The fourth-order valence-corrected chi connectivity index (χ4v) is 1.93. The molecule has 1 aromatic heterocycles. The number of amides is 1. The second-order valence-corrected chi connectivity index (χ2v) is 4.08. The van der Waals surface area contributed by atoms with E-state index in [9.17, 15) is 9.59 Å². The summed E-state index contributed by atoms with van der Waals surface area (Å²) in [5.74, 6) is 0.570. The van der Waals surface area contributed by atoms with Gasteiger partial charge in [0.15, 0.2) is 6.61 Å². The maximum absolute atomic E-state index is 11.5. The minimum Gasteiger partial charge on any atom is -0.482 e. The molecule has 1 aliphatic heterocycles. The molecule has 0 unspecified atom stereocenters. The van der Waals surface area contributed by atoms with Crippen LogP contribution in [0.15, 0.2) is 29.2 Å². The third kappa shape index (κ3) is 1.58. The van der Waals surface area contributed by atoms with Crippen LogP contribution >= 0.6 is 0 Å². The van der Waals surface area contributed by atoms with Gasteiger partial charge in [-0.1, -0.05) is 0 Å². The van der Waals surface area contributed by atoms with Gasteiger partial charge < -0.3 is 19.6 Å². The van der Waals surface area contributed by atoms with Crippen LogP contribution in [-0.2, 0) is 4.79 Å². The maximum Gasteiger partial charge on any atom is 0.323 e. The number of benzene rings is 1. The average Bonchev–Trinajstić information content (AvgIpc) is 2.80. The number of aromatic amines is 2. The summed E-state index contributed by atoms with van der Waals surface area (Å²) >= 11 is 0. The third-order valence-corrected chi connectivity index (χ3v) is 2.95. The highest BCUT2D eigenvalue weighted by Gasteiger charge is 2.22. The minimum absolute atomic E-state index is 0.0594. The molecule has 0 aliphatic carbocycles. The maximum atomic E-state index is 11.5. The number of carbonyl (C=O) groups is 1. The van der Waals surface area contributed by atoms with E-state index in [4.69, 9.17) is 4.74 Å². The van der Waals surface area contributed by atoms with Gasteiger partial charge in [0.2, 0.25) is 0 Å². The molecule has 18 heavy (non-hydrogen) atoms. The highest BCUT2D eigenvalue weighted by atomic mass is 16.5. The number of aromatic nitrogens is 2. The van der Waals surface area contributed by atoms with Gasteiger partial charge in [-0.25, -0.2) is 4.79 Å². The number of fused-ring (bicyclic) bond motifs is 1. The lowest BCUT2D eigenvalue weighted by molar-refractivity contribution is -0.120. The largest absolute Gasteiger partial charge is 0.482 e. The first-order valence-corrected chi connectivity index (χ1v) is 5.46. The quantitative estimate of drug-likeness (QED) is 0.777. The number of imidazole rings is 1. The number of carbonyl (C=O) groups excluding carboxylic acids is 1. The van der Waals surface area contributed by atoms with E-state index in [1.165, 1.54) is 0 Å². The summed E-state index contributed by atoms with van der Waals surface area (Å²) in [4.78, 5) is 29.4.